The molecule has 15 heavy (non-hydrogen) atoms. The number of nitrogens with two attached hydrogens (primary N) is 1. The molecule has 0 bridgehead atoms. The third-order valence-corrected chi connectivity index (χ3v) is 2.99. The normalized spacial score (nSPS) is 12.3. The van der Waals surface area contributed by atoms with Gasteiger partial charge in [0.1, 0.15) is 11.5 Å². The smallest absolute Gasteiger partial charge is 0.133 e. The van der Waals surface area contributed by atoms with Crippen LogP contribution in [0.4, 0.5) is 0 Å². The summed E-state index contributed by atoms with van der Waals surface area (Å²) in [5.41, 5.74) is 6.83. The van der Waals surface area contributed by atoms with Crippen LogP contribution in [-0.4, -0.2) is 20.5 Å². The Labute approximate surface area is 94.9 Å². The average molecular weight is 227 g/mol. The predicted molar refractivity (Wildman–Crippen MR) is 63.9 cm³/mol. The monoisotopic (exact) mass is 227 g/mol. The predicted octanol–water partition coefficient (Wildman–Crippen LogP) is 2.45. The van der Waals surface area contributed by atoms with Crippen LogP contribution >= 0.6 is 11.8 Å². The molecule has 0 aromatic heterocycles. The molecule has 1 aromatic rings. The van der Waals surface area contributed by atoms with Crippen LogP contribution in [0.2, 0.25) is 0 Å². The maximum atomic E-state index is 5.86. The number of benzene rings is 1. The molecule has 0 aliphatic rings. The molecule has 0 spiro atoms. The van der Waals surface area contributed by atoms with Crippen LogP contribution in [0.1, 0.15) is 18.5 Å². The number of methoxy groups -OCH3 is 2. The zero-order valence-electron chi connectivity index (χ0n) is 9.53. The molecule has 1 aromatic carbocycles. The van der Waals surface area contributed by atoms with E-state index >= 15 is 0 Å². The Bertz CT molecular complexity index is 340. The highest BCUT2D eigenvalue weighted by atomic mass is 32.2. The Morgan fingerprint density at radius 2 is 1.80 bits per heavy atom. The van der Waals surface area contributed by atoms with Crippen molar-refractivity contribution in [2.75, 3.05) is 20.5 Å². The SMILES string of the molecule is COc1cc(C(C)N)c(OC)cc1SC. The highest BCUT2D eigenvalue weighted by molar-refractivity contribution is 7.98. The summed E-state index contributed by atoms with van der Waals surface area (Å²) in [5, 5.41) is 0. The molecule has 1 unspecified atom stereocenters. The fraction of sp³-hybridized carbons (Fsp3) is 0.455. The first kappa shape index (κ1) is 12.2. The van der Waals surface area contributed by atoms with Crippen LogP contribution < -0.4 is 15.2 Å². The highest BCUT2D eigenvalue weighted by Crippen LogP contribution is 2.36. The van der Waals surface area contributed by atoms with Gasteiger partial charge in [-0.1, -0.05) is 0 Å². The van der Waals surface area contributed by atoms with E-state index in [2.05, 4.69) is 0 Å². The molecule has 0 aliphatic heterocycles. The quantitative estimate of drug-likeness (QED) is 0.802. The fourth-order valence-corrected chi connectivity index (χ4v) is 1.98. The van der Waals surface area contributed by atoms with Gasteiger partial charge in [0, 0.05) is 11.6 Å². The van der Waals surface area contributed by atoms with Gasteiger partial charge in [0.2, 0.25) is 0 Å². The van der Waals surface area contributed by atoms with Gasteiger partial charge in [-0.3, -0.25) is 0 Å². The Balaban J connectivity index is 3.27. The van der Waals surface area contributed by atoms with Gasteiger partial charge in [0.25, 0.3) is 0 Å². The maximum absolute atomic E-state index is 5.86. The van der Waals surface area contributed by atoms with Gasteiger partial charge in [-0.15, -0.1) is 11.8 Å². The second-order valence-corrected chi connectivity index (χ2v) is 4.09. The highest BCUT2D eigenvalue weighted by Gasteiger charge is 2.13. The summed E-state index contributed by atoms with van der Waals surface area (Å²) in [6, 6.07) is 3.84. The van der Waals surface area contributed by atoms with Gasteiger partial charge in [0.15, 0.2) is 0 Å². The molecule has 0 saturated heterocycles. The zero-order valence-corrected chi connectivity index (χ0v) is 10.4. The van der Waals surface area contributed by atoms with Crippen LogP contribution in [0, 0.1) is 0 Å². The molecule has 0 radical (unpaired) electrons. The van der Waals surface area contributed by atoms with Crippen molar-refractivity contribution in [3.8, 4) is 11.5 Å². The van der Waals surface area contributed by atoms with E-state index in [4.69, 9.17) is 15.2 Å². The Morgan fingerprint density at radius 1 is 1.20 bits per heavy atom. The van der Waals surface area contributed by atoms with Crippen molar-refractivity contribution in [2.24, 2.45) is 5.73 Å². The van der Waals surface area contributed by atoms with Crippen LogP contribution in [0.5, 0.6) is 11.5 Å². The molecular weight excluding hydrogens is 210 g/mol. The lowest BCUT2D eigenvalue weighted by Gasteiger charge is -2.15. The third-order valence-electron chi connectivity index (χ3n) is 2.23. The first-order valence-corrected chi connectivity index (χ1v) is 5.92. The van der Waals surface area contributed by atoms with E-state index in [1.165, 1.54) is 0 Å². The van der Waals surface area contributed by atoms with Gasteiger partial charge in [-0.25, -0.2) is 0 Å². The molecular formula is C11H17NO2S. The lowest BCUT2D eigenvalue weighted by Crippen LogP contribution is -2.07. The molecule has 0 saturated carbocycles. The van der Waals surface area contributed by atoms with E-state index < -0.39 is 0 Å². The summed E-state index contributed by atoms with van der Waals surface area (Å²) in [7, 11) is 3.31. The van der Waals surface area contributed by atoms with E-state index in [1.807, 2.05) is 25.3 Å². The molecule has 4 heteroatoms. The van der Waals surface area contributed by atoms with E-state index in [-0.39, 0.29) is 6.04 Å². The Kier molecular flexibility index (Phi) is 4.29. The van der Waals surface area contributed by atoms with Gasteiger partial charge in [0.05, 0.1) is 19.1 Å². The minimum atomic E-state index is -0.0650. The summed E-state index contributed by atoms with van der Waals surface area (Å²) in [4.78, 5) is 1.05. The Morgan fingerprint density at radius 3 is 2.20 bits per heavy atom. The molecule has 1 rings (SSSR count). The lowest BCUT2D eigenvalue weighted by molar-refractivity contribution is 0.388. The largest absolute Gasteiger partial charge is 0.496 e. The first-order chi connectivity index (χ1) is 7.13. The van der Waals surface area contributed by atoms with Gasteiger partial charge in [-0.2, -0.15) is 0 Å². The van der Waals surface area contributed by atoms with Crippen molar-refractivity contribution in [3.63, 3.8) is 0 Å². The zero-order chi connectivity index (χ0) is 11.4. The summed E-state index contributed by atoms with van der Waals surface area (Å²) < 4.78 is 10.6. The molecule has 0 aliphatic carbocycles. The second kappa shape index (κ2) is 5.28. The summed E-state index contributed by atoms with van der Waals surface area (Å²) in [6.07, 6.45) is 2.00. The van der Waals surface area contributed by atoms with Crippen molar-refractivity contribution in [1.82, 2.24) is 0 Å². The topological polar surface area (TPSA) is 44.5 Å². The maximum Gasteiger partial charge on any atom is 0.133 e. The minimum Gasteiger partial charge on any atom is -0.496 e. The van der Waals surface area contributed by atoms with E-state index in [1.54, 1.807) is 26.0 Å². The van der Waals surface area contributed by atoms with Crippen LogP contribution in [0.15, 0.2) is 17.0 Å². The summed E-state index contributed by atoms with van der Waals surface area (Å²) in [6.45, 7) is 1.93. The molecule has 84 valence electrons. The second-order valence-electron chi connectivity index (χ2n) is 3.24. The summed E-state index contributed by atoms with van der Waals surface area (Å²) >= 11 is 1.62. The van der Waals surface area contributed by atoms with Gasteiger partial charge in [-0.05, 0) is 25.3 Å². The third kappa shape index (κ3) is 2.58. The number of ether oxygens (including phenoxy) is 2. The molecule has 2 N–H and O–H groups in total. The molecule has 0 amide bonds. The van der Waals surface area contributed by atoms with E-state index in [0.717, 1.165) is 22.0 Å². The van der Waals surface area contributed by atoms with Gasteiger partial charge < -0.3 is 15.2 Å². The standard InChI is InChI=1S/C11H17NO2S/c1-7(12)8-5-10(14-3)11(15-4)6-9(8)13-2/h5-7H,12H2,1-4H3. The number of hydrogen-bond donors (Lipinski definition) is 1. The summed E-state index contributed by atoms with van der Waals surface area (Å²) in [5.74, 6) is 1.66. The van der Waals surface area contributed by atoms with Crippen LogP contribution in [0.3, 0.4) is 0 Å². The lowest BCUT2D eigenvalue weighted by atomic mass is 10.1. The number of rotatable bonds is 4. The van der Waals surface area contributed by atoms with Gasteiger partial charge >= 0.3 is 0 Å². The van der Waals surface area contributed by atoms with Crippen molar-refractivity contribution < 1.29 is 9.47 Å². The fourth-order valence-electron chi connectivity index (χ4n) is 1.41. The molecule has 3 nitrogen and oxygen atoms in total. The van der Waals surface area contributed by atoms with Crippen molar-refractivity contribution in [2.45, 2.75) is 17.9 Å². The molecule has 0 fully saturated rings. The van der Waals surface area contributed by atoms with Crippen LogP contribution in [0.25, 0.3) is 0 Å². The van der Waals surface area contributed by atoms with Crippen molar-refractivity contribution in [3.05, 3.63) is 17.7 Å². The minimum absolute atomic E-state index is 0.0650. The van der Waals surface area contributed by atoms with Crippen LogP contribution in [-0.2, 0) is 0 Å². The molecule has 0 heterocycles. The van der Waals surface area contributed by atoms with E-state index in [9.17, 15) is 0 Å². The number of thioether (sulfide) groups is 1. The Hall–Kier alpha value is -0.870. The number of hydrogen-bond acceptors (Lipinski definition) is 4. The molecule has 1 atom stereocenters. The van der Waals surface area contributed by atoms with Crippen molar-refractivity contribution >= 4 is 11.8 Å². The van der Waals surface area contributed by atoms with Crippen molar-refractivity contribution in [1.29, 1.82) is 0 Å². The van der Waals surface area contributed by atoms with E-state index in [0.29, 0.717) is 0 Å². The first-order valence-electron chi connectivity index (χ1n) is 4.69. The average Bonchev–Trinajstić information content (AvgIpc) is 2.26.